The molecule has 0 radical (unpaired) electrons. The Morgan fingerprint density at radius 3 is 2.48 bits per heavy atom. The number of aromatic amines is 1. The van der Waals surface area contributed by atoms with Crippen LogP contribution in [0.15, 0.2) is 16.9 Å². The van der Waals surface area contributed by atoms with Gasteiger partial charge in [-0.25, -0.2) is 13.5 Å². The lowest BCUT2D eigenvalue weighted by Crippen LogP contribution is -2.48. The van der Waals surface area contributed by atoms with Crippen molar-refractivity contribution in [3.63, 3.8) is 0 Å². The molecule has 4 rings (SSSR count). The first-order valence-corrected chi connectivity index (χ1v) is 9.00. The molecule has 0 atom stereocenters. The number of nitrogens with one attached hydrogen (secondary N) is 1. The van der Waals surface area contributed by atoms with E-state index in [2.05, 4.69) is 20.3 Å². The van der Waals surface area contributed by atoms with Crippen LogP contribution in [0.2, 0.25) is 0 Å². The summed E-state index contributed by atoms with van der Waals surface area (Å²) in [5.41, 5.74) is -0.00547. The Kier molecular flexibility index (Phi) is 5.01. The van der Waals surface area contributed by atoms with E-state index in [0.29, 0.717) is 37.8 Å². The molecule has 0 bridgehead atoms. The zero-order valence-corrected chi connectivity index (χ0v) is 15.6. The van der Waals surface area contributed by atoms with Crippen molar-refractivity contribution in [1.82, 2.24) is 25.0 Å². The molecule has 1 aliphatic rings. The first-order chi connectivity index (χ1) is 14.0. The van der Waals surface area contributed by atoms with Gasteiger partial charge in [-0.2, -0.15) is 4.98 Å². The number of aliphatic hydroxyl groups excluding tert-OH is 1. The highest BCUT2D eigenvalue weighted by Gasteiger charge is 2.25. The van der Waals surface area contributed by atoms with Crippen molar-refractivity contribution in [1.29, 1.82) is 0 Å². The molecule has 0 unspecified atom stereocenters. The fourth-order valence-corrected chi connectivity index (χ4v) is 3.30. The molecule has 3 heterocycles. The van der Waals surface area contributed by atoms with Crippen LogP contribution >= 0.6 is 0 Å². The van der Waals surface area contributed by atoms with Crippen molar-refractivity contribution in [2.75, 3.05) is 49.2 Å². The molecule has 0 amide bonds. The number of aliphatic hydroxyl groups is 1. The lowest BCUT2D eigenvalue weighted by Gasteiger charge is -2.36. The Bertz CT molecular complexity index is 1070. The highest BCUT2D eigenvalue weighted by molar-refractivity contribution is 5.69. The van der Waals surface area contributed by atoms with Gasteiger partial charge in [0, 0.05) is 45.4 Å². The van der Waals surface area contributed by atoms with Gasteiger partial charge in [0.2, 0.25) is 5.95 Å². The molecule has 0 saturated carbocycles. The third kappa shape index (κ3) is 3.58. The molecule has 1 aliphatic heterocycles. The summed E-state index contributed by atoms with van der Waals surface area (Å²) in [6.45, 7) is 1.18. The van der Waals surface area contributed by atoms with E-state index in [0.717, 1.165) is 12.1 Å². The predicted molar refractivity (Wildman–Crippen MR) is 100 cm³/mol. The zero-order chi connectivity index (χ0) is 20.5. The number of H-pyrrole nitrogens is 1. The van der Waals surface area contributed by atoms with Gasteiger partial charge in [-0.1, -0.05) is 5.21 Å². The highest BCUT2D eigenvalue weighted by atomic mass is 19.1. The number of hydrogen-bond acceptors (Lipinski definition) is 8. The van der Waals surface area contributed by atoms with E-state index < -0.39 is 17.2 Å². The maximum Gasteiger partial charge on any atom is 0.282 e. The molecule has 1 aromatic carbocycles. The summed E-state index contributed by atoms with van der Waals surface area (Å²) >= 11 is 0. The first-order valence-electron chi connectivity index (χ1n) is 9.00. The third-order valence-electron chi connectivity index (χ3n) is 4.70. The number of fused-ring (bicyclic) bond motifs is 1. The van der Waals surface area contributed by atoms with E-state index in [9.17, 15) is 13.6 Å². The van der Waals surface area contributed by atoms with Gasteiger partial charge in [0.05, 0.1) is 6.61 Å². The number of hydrogen-bond donors (Lipinski definition) is 2. The molecule has 1 fully saturated rings. The second-order valence-electron chi connectivity index (χ2n) is 6.56. The van der Waals surface area contributed by atoms with Crippen LogP contribution in [0.1, 0.15) is 0 Å². The molecule has 2 aromatic heterocycles. The minimum Gasteiger partial charge on any atom is -0.491 e. The SMILES string of the molecule is Cn1nnc2c(=O)[nH]c(N3CCN(c4c(F)cc(OCCO)cc4F)CC3)nc21. The molecule has 3 aromatic rings. The van der Waals surface area contributed by atoms with E-state index in [-0.39, 0.29) is 30.2 Å². The fraction of sp³-hybridized carbons (Fsp3) is 0.412. The number of aryl methyl sites for hydroxylation is 1. The second-order valence-corrected chi connectivity index (χ2v) is 6.56. The summed E-state index contributed by atoms with van der Waals surface area (Å²) in [5, 5.41) is 16.3. The van der Waals surface area contributed by atoms with Crippen LogP contribution in [0.3, 0.4) is 0 Å². The van der Waals surface area contributed by atoms with Crippen LogP contribution in [-0.2, 0) is 7.05 Å². The smallest absolute Gasteiger partial charge is 0.282 e. The van der Waals surface area contributed by atoms with Gasteiger partial charge < -0.3 is 19.6 Å². The fourth-order valence-electron chi connectivity index (χ4n) is 3.30. The van der Waals surface area contributed by atoms with Gasteiger partial charge in [-0.15, -0.1) is 5.10 Å². The number of anilines is 2. The zero-order valence-electron chi connectivity index (χ0n) is 15.6. The van der Waals surface area contributed by atoms with E-state index in [4.69, 9.17) is 9.84 Å². The molecule has 10 nitrogen and oxygen atoms in total. The van der Waals surface area contributed by atoms with E-state index in [1.807, 2.05) is 4.90 Å². The number of piperazine rings is 1. The molecular weight excluding hydrogens is 388 g/mol. The van der Waals surface area contributed by atoms with Crippen LogP contribution < -0.4 is 20.1 Å². The third-order valence-corrected chi connectivity index (χ3v) is 4.70. The van der Waals surface area contributed by atoms with Crippen molar-refractivity contribution in [3.05, 3.63) is 34.1 Å². The minimum atomic E-state index is -0.736. The lowest BCUT2D eigenvalue weighted by molar-refractivity contribution is 0.200. The van der Waals surface area contributed by atoms with Gasteiger partial charge in [-0.05, 0) is 0 Å². The second kappa shape index (κ2) is 7.62. The molecule has 12 heteroatoms. The average Bonchev–Trinajstić information content (AvgIpc) is 3.08. The largest absolute Gasteiger partial charge is 0.491 e. The van der Waals surface area contributed by atoms with Crippen molar-refractivity contribution in [3.8, 4) is 5.75 Å². The standard InChI is InChI=1S/C17H19F2N7O3/c1-24-15-13(22-23-24)16(28)21-17(20-15)26-4-2-25(3-5-26)14-11(18)8-10(9-12(14)19)29-7-6-27/h8-9,27H,2-7H2,1H3,(H,20,21,28). The van der Waals surface area contributed by atoms with Gasteiger partial charge in [0.25, 0.3) is 5.56 Å². The van der Waals surface area contributed by atoms with Crippen LogP contribution in [0, 0.1) is 11.6 Å². The Morgan fingerprint density at radius 1 is 1.17 bits per heavy atom. The monoisotopic (exact) mass is 407 g/mol. The minimum absolute atomic E-state index is 0.0244. The summed E-state index contributed by atoms with van der Waals surface area (Å²) in [6, 6.07) is 2.20. The van der Waals surface area contributed by atoms with E-state index in [1.165, 1.54) is 4.68 Å². The molecule has 154 valence electrons. The van der Waals surface area contributed by atoms with Crippen LogP contribution in [0.25, 0.3) is 11.2 Å². The van der Waals surface area contributed by atoms with Crippen LogP contribution in [-0.4, -0.2) is 69.5 Å². The highest BCUT2D eigenvalue weighted by Crippen LogP contribution is 2.29. The number of halogens is 2. The Hall–Kier alpha value is -3.28. The Labute approximate surface area is 163 Å². The van der Waals surface area contributed by atoms with Gasteiger partial charge in [0.1, 0.15) is 18.0 Å². The molecule has 1 saturated heterocycles. The lowest BCUT2D eigenvalue weighted by atomic mass is 10.2. The van der Waals surface area contributed by atoms with Gasteiger partial charge in [0.15, 0.2) is 22.8 Å². The summed E-state index contributed by atoms with van der Waals surface area (Å²) in [4.78, 5) is 22.7. The molecular formula is C17H19F2N7O3. The molecule has 0 aliphatic carbocycles. The summed E-state index contributed by atoms with van der Waals surface area (Å²) in [6.07, 6.45) is 0. The maximum atomic E-state index is 14.5. The summed E-state index contributed by atoms with van der Waals surface area (Å²) < 4.78 is 35.4. The summed E-state index contributed by atoms with van der Waals surface area (Å²) in [5.74, 6) is -1.09. The van der Waals surface area contributed by atoms with Crippen molar-refractivity contribution < 1.29 is 18.6 Å². The summed E-state index contributed by atoms with van der Waals surface area (Å²) in [7, 11) is 1.64. The molecule has 2 N–H and O–H groups in total. The number of ether oxygens (including phenoxy) is 1. The van der Waals surface area contributed by atoms with Gasteiger partial charge >= 0.3 is 0 Å². The maximum absolute atomic E-state index is 14.5. The number of rotatable bonds is 5. The topological polar surface area (TPSA) is 112 Å². The van der Waals surface area contributed by atoms with Crippen LogP contribution in [0.4, 0.5) is 20.4 Å². The van der Waals surface area contributed by atoms with E-state index in [1.54, 1.807) is 11.9 Å². The normalized spacial score (nSPS) is 14.6. The van der Waals surface area contributed by atoms with Crippen molar-refractivity contribution >= 4 is 22.8 Å². The number of aromatic nitrogens is 5. The van der Waals surface area contributed by atoms with Crippen LogP contribution in [0.5, 0.6) is 5.75 Å². The molecule has 29 heavy (non-hydrogen) atoms. The average molecular weight is 407 g/mol. The molecule has 0 spiro atoms. The first kappa shape index (κ1) is 19.1. The number of benzene rings is 1. The quantitative estimate of drug-likeness (QED) is 0.609. The van der Waals surface area contributed by atoms with Crippen molar-refractivity contribution in [2.24, 2.45) is 7.05 Å². The number of nitrogens with zero attached hydrogens (tertiary/aromatic N) is 6. The van der Waals surface area contributed by atoms with E-state index >= 15 is 0 Å². The Balaban J connectivity index is 1.51. The Morgan fingerprint density at radius 2 is 1.83 bits per heavy atom. The van der Waals surface area contributed by atoms with Gasteiger partial charge in [-0.3, -0.25) is 9.78 Å². The predicted octanol–water partition coefficient (Wildman–Crippen LogP) is 0.0275. The van der Waals surface area contributed by atoms with Crippen molar-refractivity contribution in [2.45, 2.75) is 0 Å².